The SMILES string of the molecule is CCCNC(=O)[C@@H]1[C@@H]2CC(C)C3(S2)C(C(=O)NC(C)(C)CC(C)(C)C)N(CCCCCCO)C(=O)[C@H]13. The second kappa shape index (κ2) is 11.2. The standard InChI is InChI=1S/C28H49N3O4S/c1-8-13-29-23(33)20-19-16-18(2)28(36-19)21(20)25(35)31(14-11-9-10-12-15-32)22(28)24(34)30-27(6,7)17-26(3,4)5/h18-22,32H,8-17H2,1-7H3,(H,29,33)(H,30,34)/t18?,19-,20+,21-,22?,28?/m0/s1. The predicted octanol–water partition coefficient (Wildman–Crippen LogP) is 3.73. The van der Waals surface area contributed by atoms with E-state index in [1.165, 1.54) is 0 Å². The Morgan fingerprint density at radius 1 is 1.11 bits per heavy atom. The molecule has 36 heavy (non-hydrogen) atoms. The van der Waals surface area contributed by atoms with Gasteiger partial charge in [0, 0.05) is 30.5 Å². The summed E-state index contributed by atoms with van der Waals surface area (Å²) in [5.41, 5.74) is -0.367. The van der Waals surface area contributed by atoms with Gasteiger partial charge in [0.15, 0.2) is 0 Å². The molecule has 0 aromatic heterocycles. The number of amides is 3. The number of rotatable bonds is 12. The largest absolute Gasteiger partial charge is 0.396 e. The van der Waals surface area contributed by atoms with Crippen LogP contribution >= 0.6 is 11.8 Å². The number of hydrogen-bond donors (Lipinski definition) is 3. The molecule has 7 nitrogen and oxygen atoms in total. The van der Waals surface area contributed by atoms with E-state index in [0.29, 0.717) is 13.1 Å². The van der Waals surface area contributed by atoms with Crippen molar-refractivity contribution in [2.45, 2.75) is 115 Å². The van der Waals surface area contributed by atoms with Crippen molar-refractivity contribution < 1.29 is 19.5 Å². The number of carbonyl (C=O) groups is 3. The fourth-order valence-electron chi connectivity index (χ4n) is 7.25. The summed E-state index contributed by atoms with van der Waals surface area (Å²) < 4.78 is -0.567. The highest BCUT2D eigenvalue weighted by Crippen LogP contribution is 2.68. The molecule has 6 atom stereocenters. The van der Waals surface area contributed by atoms with Crippen molar-refractivity contribution in [1.29, 1.82) is 0 Å². The molecule has 0 aliphatic carbocycles. The molecule has 3 N–H and O–H groups in total. The summed E-state index contributed by atoms with van der Waals surface area (Å²) >= 11 is 1.74. The zero-order chi connectivity index (χ0) is 26.9. The molecule has 3 amide bonds. The molecule has 1 spiro atoms. The fourth-order valence-corrected chi connectivity index (χ4v) is 9.67. The Bertz CT molecular complexity index is 826. The van der Waals surface area contributed by atoms with Gasteiger partial charge in [0.05, 0.1) is 16.6 Å². The Balaban J connectivity index is 1.92. The number of nitrogens with one attached hydrogen (secondary N) is 2. The zero-order valence-corrected chi connectivity index (χ0v) is 24.3. The summed E-state index contributed by atoms with van der Waals surface area (Å²) in [6.07, 6.45) is 5.87. The van der Waals surface area contributed by atoms with E-state index in [4.69, 9.17) is 5.11 Å². The van der Waals surface area contributed by atoms with Crippen LogP contribution < -0.4 is 10.6 Å². The number of aliphatic hydroxyl groups excluding tert-OH is 1. The van der Waals surface area contributed by atoms with Crippen LogP contribution in [0.2, 0.25) is 0 Å². The number of hydrogen-bond acceptors (Lipinski definition) is 5. The van der Waals surface area contributed by atoms with E-state index in [0.717, 1.165) is 44.9 Å². The maximum atomic E-state index is 14.1. The third kappa shape index (κ3) is 5.74. The van der Waals surface area contributed by atoms with Crippen LogP contribution in [0.3, 0.4) is 0 Å². The van der Waals surface area contributed by atoms with Gasteiger partial charge in [-0.1, -0.05) is 47.5 Å². The minimum atomic E-state index is -0.568. The van der Waals surface area contributed by atoms with E-state index in [2.05, 4.69) is 52.2 Å². The molecule has 3 unspecified atom stereocenters. The molecule has 2 bridgehead atoms. The highest BCUT2D eigenvalue weighted by molar-refractivity contribution is 8.02. The summed E-state index contributed by atoms with van der Waals surface area (Å²) in [5.74, 6) is -0.778. The minimum absolute atomic E-state index is 0.0239. The molecule has 8 heteroatoms. The molecule has 0 saturated carbocycles. The normalized spacial score (nSPS) is 31.6. The Kier molecular flexibility index (Phi) is 9.13. The van der Waals surface area contributed by atoms with E-state index < -0.39 is 22.2 Å². The van der Waals surface area contributed by atoms with Crippen LogP contribution in [0.5, 0.6) is 0 Å². The number of likely N-dealkylation sites (tertiary alicyclic amines) is 1. The van der Waals surface area contributed by atoms with E-state index in [1.54, 1.807) is 11.8 Å². The topological polar surface area (TPSA) is 98.7 Å². The van der Waals surface area contributed by atoms with Crippen LogP contribution in [-0.2, 0) is 14.4 Å². The third-order valence-electron chi connectivity index (χ3n) is 8.09. The first-order valence-corrected chi connectivity index (χ1v) is 14.9. The van der Waals surface area contributed by atoms with Gasteiger partial charge in [-0.05, 0) is 57.3 Å². The lowest BCUT2D eigenvalue weighted by molar-refractivity contribution is -0.140. The van der Waals surface area contributed by atoms with Crippen molar-refractivity contribution in [3.63, 3.8) is 0 Å². The Morgan fingerprint density at radius 2 is 1.78 bits per heavy atom. The van der Waals surface area contributed by atoms with Crippen molar-refractivity contribution in [2.24, 2.45) is 23.2 Å². The summed E-state index contributed by atoms with van der Waals surface area (Å²) in [4.78, 5) is 43.2. The average Bonchev–Trinajstić information content (AvgIpc) is 3.33. The first-order chi connectivity index (χ1) is 16.8. The van der Waals surface area contributed by atoms with Crippen LogP contribution in [-0.4, -0.2) is 69.0 Å². The highest BCUT2D eigenvalue weighted by atomic mass is 32.2. The van der Waals surface area contributed by atoms with Crippen molar-refractivity contribution in [3.8, 4) is 0 Å². The fraction of sp³-hybridized carbons (Fsp3) is 0.893. The number of carbonyl (C=O) groups excluding carboxylic acids is 3. The first-order valence-electron chi connectivity index (χ1n) is 14.0. The summed E-state index contributed by atoms with van der Waals surface area (Å²) in [6, 6.07) is -0.568. The number of nitrogens with zero attached hydrogens (tertiary/aromatic N) is 1. The highest BCUT2D eigenvalue weighted by Gasteiger charge is 2.75. The van der Waals surface area contributed by atoms with Crippen molar-refractivity contribution in [2.75, 3.05) is 19.7 Å². The molecule has 206 valence electrons. The Hall–Kier alpha value is -1.28. The van der Waals surface area contributed by atoms with Crippen LogP contribution in [0.25, 0.3) is 0 Å². The molecule has 0 aromatic carbocycles. The molecule has 0 aromatic rings. The average molecular weight is 524 g/mol. The lowest BCUT2D eigenvalue weighted by Crippen LogP contribution is -2.60. The van der Waals surface area contributed by atoms with Gasteiger partial charge in [-0.25, -0.2) is 0 Å². The number of fused-ring (bicyclic) bond motifs is 1. The molecular formula is C28H49N3O4S. The van der Waals surface area contributed by atoms with Gasteiger partial charge in [-0.2, -0.15) is 0 Å². The minimum Gasteiger partial charge on any atom is -0.396 e. The smallest absolute Gasteiger partial charge is 0.244 e. The van der Waals surface area contributed by atoms with Crippen LogP contribution in [0.15, 0.2) is 0 Å². The van der Waals surface area contributed by atoms with Crippen LogP contribution in [0.4, 0.5) is 0 Å². The lowest BCUT2D eigenvalue weighted by Gasteiger charge is -2.41. The number of aliphatic hydroxyl groups is 1. The van der Waals surface area contributed by atoms with Crippen molar-refractivity contribution in [1.82, 2.24) is 15.5 Å². The number of unbranched alkanes of at least 4 members (excludes halogenated alkanes) is 3. The molecule has 3 aliphatic heterocycles. The molecule has 3 saturated heterocycles. The second-order valence-electron chi connectivity index (χ2n) is 13.1. The monoisotopic (exact) mass is 523 g/mol. The van der Waals surface area contributed by atoms with E-state index in [1.807, 2.05) is 11.8 Å². The van der Waals surface area contributed by atoms with Crippen LogP contribution in [0, 0.1) is 23.2 Å². The Labute approximate surface area is 222 Å². The second-order valence-corrected chi connectivity index (χ2v) is 14.7. The summed E-state index contributed by atoms with van der Waals surface area (Å²) in [6.45, 7) is 16.1. The van der Waals surface area contributed by atoms with Crippen molar-refractivity contribution >= 4 is 29.5 Å². The van der Waals surface area contributed by atoms with Gasteiger partial charge < -0.3 is 20.6 Å². The zero-order valence-electron chi connectivity index (χ0n) is 23.5. The molecule has 3 heterocycles. The molecule has 3 rings (SSSR count). The predicted molar refractivity (Wildman–Crippen MR) is 146 cm³/mol. The van der Waals surface area contributed by atoms with Gasteiger partial charge in [-0.15, -0.1) is 11.8 Å². The Morgan fingerprint density at radius 3 is 2.39 bits per heavy atom. The van der Waals surface area contributed by atoms with Gasteiger partial charge >= 0.3 is 0 Å². The quantitative estimate of drug-likeness (QED) is 0.339. The van der Waals surface area contributed by atoms with E-state index in [9.17, 15) is 14.4 Å². The maximum Gasteiger partial charge on any atom is 0.244 e. The molecule has 0 radical (unpaired) electrons. The number of thioether (sulfide) groups is 1. The van der Waals surface area contributed by atoms with Crippen molar-refractivity contribution in [3.05, 3.63) is 0 Å². The molecule has 3 fully saturated rings. The lowest BCUT2D eigenvalue weighted by atomic mass is 9.65. The van der Waals surface area contributed by atoms with Gasteiger partial charge in [0.25, 0.3) is 0 Å². The van der Waals surface area contributed by atoms with Gasteiger partial charge in [-0.3, -0.25) is 14.4 Å². The van der Waals surface area contributed by atoms with E-state index in [-0.39, 0.29) is 46.8 Å². The van der Waals surface area contributed by atoms with Gasteiger partial charge in [0.1, 0.15) is 6.04 Å². The third-order valence-corrected chi connectivity index (χ3v) is 10.2. The summed E-state index contributed by atoms with van der Waals surface area (Å²) in [7, 11) is 0. The first kappa shape index (κ1) is 29.3. The van der Waals surface area contributed by atoms with Crippen LogP contribution in [0.1, 0.15) is 93.4 Å². The van der Waals surface area contributed by atoms with Gasteiger partial charge in [0.2, 0.25) is 17.7 Å². The molecular weight excluding hydrogens is 474 g/mol. The maximum absolute atomic E-state index is 14.1. The van der Waals surface area contributed by atoms with E-state index >= 15 is 0 Å². The molecule has 3 aliphatic rings. The summed E-state index contributed by atoms with van der Waals surface area (Å²) in [5, 5.41) is 15.6.